The Bertz CT molecular complexity index is 960. The van der Waals surface area contributed by atoms with Crippen LogP contribution in [0.3, 0.4) is 0 Å². The molecule has 3 N–H and O–H groups in total. The number of ether oxygens (including phenoxy) is 2. The standard InChI is InChI=1S/C24H31BN2O5/c1-23(2)24(3,4)32-25(31-23)19(13-18-14-20(29-5)11-12-21(18)26)15-27-22(28)30-16-17-9-7-6-8-10-17/h6-14H,15-16,26H2,1-5H3,(H,27,28). The maximum absolute atomic E-state index is 12.3. The number of amides is 1. The maximum atomic E-state index is 12.3. The number of nitrogens with two attached hydrogens (primary N) is 1. The predicted octanol–water partition coefficient (Wildman–Crippen LogP) is 4.22. The Morgan fingerprint density at radius 1 is 1.09 bits per heavy atom. The molecule has 0 saturated carbocycles. The normalized spacial score (nSPS) is 17.2. The number of carbonyl (C=O) groups excluding carboxylic acids is 1. The third-order valence-corrected chi connectivity index (χ3v) is 5.84. The molecule has 0 spiro atoms. The lowest BCUT2D eigenvalue weighted by atomic mass is 9.77. The molecule has 1 aliphatic rings. The molecule has 0 aromatic heterocycles. The molecule has 7 nitrogen and oxygen atoms in total. The fourth-order valence-electron chi connectivity index (χ4n) is 3.15. The number of anilines is 1. The Morgan fingerprint density at radius 3 is 2.38 bits per heavy atom. The van der Waals surface area contributed by atoms with Gasteiger partial charge in [0.1, 0.15) is 12.4 Å². The molecule has 1 fully saturated rings. The highest BCUT2D eigenvalue weighted by Gasteiger charge is 2.52. The lowest BCUT2D eigenvalue weighted by Gasteiger charge is -2.32. The molecule has 0 atom stereocenters. The molecule has 0 radical (unpaired) electrons. The second kappa shape index (κ2) is 9.67. The summed E-state index contributed by atoms with van der Waals surface area (Å²) in [5.74, 6) is 0.675. The van der Waals surface area contributed by atoms with Crippen molar-refractivity contribution in [3.63, 3.8) is 0 Å². The van der Waals surface area contributed by atoms with E-state index < -0.39 is 24.4 Å². The van der Waals surface area contributed by atoms with Crippen LogP contribution in [0.15, 0.2) is 54.0 Å². The minimum Gasteiger partial charge on any atom is -0.497 e. The van der Waals surface area contributed by atoms with Crippen molar-refractivity contribution in [2.45, 2.75) is 45.5 Å². The molecule has 3 rings (SSSR count). The first-order valence-electron chi connectivity index (χ1n) is 10.6. The van der Waals surface area contributed by atoms with Crippen molar-refractivity contribution < 1.29 is 23.6 Å². The average Bonchev–Trinajstić information content (AvgIpc) is 2.98. The van der Waals surface area contributed by atoms with Crippen molar-refractivity contribution in [1.82, 2.24) is 5.32 Å². The molecule has 1 saturated heterocycles. The summed E-state index contributed by atoms with van der Waals surface area (Å²) >= 11 is 0. The minimum atomic E-state index is -0.653. The van der Waals surface area contributed by atoms with Crippen LogP contribution in [0, 0.1) is 0 Å². The predicted molar refractivity (Wildman–Crippen MR) is 126 cm³/mol. The van der Waals surface area contributed by atoms with E-state index in [9.17, 15) is 4.79 Å². The molecule has 2 aromatic rings. The zero-order valence-electron chi connectivity index (χ0n) is 19.3. The summed E-state index contributed by atoms with van der Waals surface area (Å²) in [4.78, 5) is 12.3. The van der Waals surface area contributed by atoms with Gasteiger partial charge in [-0.05, 0) is 56.9 Å². The summed E-state index contributed by atoms with van der Waals surface area (Å²) in [7, 11) is 0.943. The third kappa shape index (κ3) is 5.63. The zero-order chi connectivity index (χ0) is 23.4. The number of carbonyl (C=O) groups is 1. The first-order chi connectivity index (χ1) is 15.1. The monoisotopic (exact) mass is 438 g/mol. The maximum Gasteiger partial charge on any atom is 0.492 e. The largest absolute Gasteiger partial charge is 0.497 e. The molecule has 1 amide bonds. The summed E-state index contributed by atoms with van der Waals surface area (Å²) in [6.07, 6.45) is 1.33. The molecule has 0 bridgehead atoms. The zero-order valence-corrected chi connectivity index (χ0v) is 19.3. The van der Waals surface area contributed by atoms with Gasteiger partial charge in [-0.1, -0.05) is 36.4 Å². The first kappa shape index (κ1) is 23.7. The van der Waals surface area contributed by atoms with Gasteiger partial charge in [0.2, 0.25) is 0 Å². The van der Waals surface area contributed by atoms with Gasteiger partial charge in [0.15, 0.2) is 0 Å². The highest BCUT2D eigenvalue weighted by atomic mass is 16.7. The summed E-state index contributed by atoms with van der Waals surface area (Å²) in [6.45, 7) is 8.27. The number of nitrogens with one attached hydrogen (secondary N) is 1. The summed E-state index contributed by atoms with van der Waals surface area (Å²) in [6, 6.07) is 14.9. The van der Waals surface area contributed by atoms with Crippen LogP contribution in [0.25, 0.3) is 6.08 Å². The van der Waals surface area contributed by atoms with E-state index >= 15 is 0 Å². The topological polar surface area (TPSA) is 92.0 Å². The van der Waals surface area contributed by atoms with E-state index in [4.69, 9.17) is 24.5 Å². The fourth-order valence-corrected chi connectivity index (χ4v) is 3.15. The molecule has 0 aliphatic carbocycles. The third-order valence-electron chi connectivity index (χ3n) is 5.84. The van der Waals surface area contributed by atoms with Crippen LogP contribution < -0.4 is 15.8 Å². The highest BCUT2D eigenvalue weighted by Crippen LogP contribution is 2.39. The quantitative estimate of drug-likeness (QED) is 0.497. The smallest absolute Gasteiger partial charge is 0.492 e. The lowest BCUT2D eigenvalue weighted by molar-refractivity contribution is 0.00578. The summed E-state index contributed by atoms with van der Waals surface area (Å²) in [5.41, 5.74) is 8.06. The van der Waals surface area contributed by atoms with Gasteiger partial charge in [-0.15, -0.1) is 0 Å². The van der Waals surface area contributed by atoms with E-state index in [-0.39, 0.29) is 13.2 Å². The number of methoxy groups -OCH3 is 1. The van der Waals surface area contributed by atoms with Gasteiger partial charge in [0.05, 0.1) is 18.3 Å². The van der Waals surface area contributed by atoms with Gasteiger partial charge >= 0.3 is 13.2 Å². The molecule has 0 unspecified atom stereocenters. The van der Waals surface area contributed by atoms with Crippen LogP contribution >= 0.6 is 0 Å². The Kier molecular flexibility index (Phi) is 7.16. The number of nitrogen functional groups attached to an aromatic ring is 1. The van der Waals surface area contributed by atoms with Crippen molar-refractivity contribution in [3.8, 4) is 5.75 Å². The van der Waals surface area contributed by atoms with Crippen LogP contribution in [-0.4, -0.2) is 38.1 Å². The molecular formula is C24H31BN2O5. The Balaban J connectivity index is 1.77. The van der Waals surface area contributed by atoms with Gasteiger partial charge < -0.3 is 29.8 Å². The van der Waals surface area contributed by atoms with E-state index in [1.165, 1.54) is 0 Å². The van der Waals surface area contributed by atoms with Crippen LogP contribution in [0.4, 0.5) is 10.5 Å². The Morgan fingerprint density at radius 2 is 1.75 bits per heavy atom. The molecule has 170 valence electrons. The second-order valence-electron chi connectivity index (χ2n) is 8.72. The average molecular weight is 438 g/mol. The first-order valence-corrected chi connectivity index (χ1v) is 10.6. The molecule has 1 aliphatic heterocycles. The van der Waals surface area contributed by atoms with Crippen molar-refractivity contribution in [2.75, 3.05) is 19.4 Å². The van der Waals surface area contributed by atoms with Crippen molar-refractivity contribution >= 4 is 25.0 Å². The van der Waals surface area contributed by atoms with Gasteiger partial charge in [0, 0.05) is 17.8 Å². The number of alkyl carbamates (subject to hydrolysis) is 1. The van der Waals surface area contributed by atoms with Gasteiger partial charge in [-0.25, -0.2) is 4.79 Å². The van der Waals surface area contributed by atoms with E-state index in [2.05, 4.69) is 5.32 Å². The lowest BCUT2D eigenvalue weighted by Crippen LogP contribution is -2.41. The van der Waals surface area contributed by atoms with E-state index in [1.54, 1.807) is 19.2 Å². The molecule has 8 heteroatoms. The van der Waals surface area contributed by atoms with Crippen molar-refractivity contribution in [3.05, 3.63) is 65.1 Å². The highest BCUT2D eigenvalue weighted by molar-refractivity contribution is 6.56. The van der Waals surface area contributed by atoms with E-state index in [0.717, 1.165) is 11.1 Å². The van der Waals surface area contributed by atoms with Crippen LogP contribution in [0.1, 0.15) is 38.8 Å². The molecule has 1 heterocycles. The number of hydrogen-bond acceptors (Lipinski definition) is 6. The van der Waals surface area contributed by atoms with Crippen LogP contribution in [-0.2, 0) is 20.7 Å². The Labute approximate surface area is 190 Å². The van der Waals surface area contributed by atoms with E-state index in [1.807, 2.05) is 70.2 Å². The Hall–Kier alpha value is -2.97. The number of hydrogen-bond donors (Lipinski definition) is 2. The fraction of sp³-hybridized carbons (Fsp3) is 0.375. The molecular weight excluding hydrogens is 407 g/mol. The number of benzene rings is 2. The van der Waals surface area contributed by atoms with Gasteiger partial charge in [0.25, 0.3) is 0 Å². The number of rotatable bonds is 7. The second-order valence-corrected chi connectivity index (χ2v) is 8.72. The van der Waals surface area contributed by atoms with Crippen LogP contribution in [0.2, 0.25) is 0 Å². The van der Waals surface area contributed by atoms with Crippen molar-refractivity contribution in [2.24, 2.45) is 0 Å². The van der Waals surface area contributed by atoms with Crippen LogP contribution in [0.5, 0.6) is 5.75 Å². The van der Waals surface area contributed by atoms with Gasteiger partial charge in [-0.2, -0.15) is 0 Å². The minimum absolute atomic E-state index is 0.168. The van der Waals surface area contributed by atoms with E-state index in [0.29, 0.717) is 16.9 Å². The summed E-state index contributed by atoms with van der Waals surface area (Å²) in [5, 5.41) is 2.79. The molecule has 32 heavy (non-hydrogen) atoms. The summed E-state index contributed by atoms with van der Waals surface area (Å²) < 4.78 is 23.1. The van der Waals surface area contributed by atoms with Gasteiger partial charge in [-0.3, -0.25) is 0 Å². The molecule has 2 aromatic carbocycles. The van der Waals surface area contributed by atoms with Crippen molar-refractivity contribution in [1.29, 1.82) is 0 Å². The SMILES string of the molecule is COc1ccc(N)c(C=C(CNC(=O)OCc2ccccc2)B2OC(C)(C)C(C)(C)O2)c1.